The number of nitro benzene ring substituents is 2. The van der Waals surface area contributed by atoms with E-state index in [0.717, 1.165) is 6.07 Å². The van der Waals surface area contributed by atoms with Crippen LogP contribution < -0.4 is 0 Å². The van der Waals surface area contributed by atoms with Gasteiger partial charge in [0.05, 0.1) is 15.9 Å². The van der Waals surface area contributed by atoms with Crippen molar-refractivity contribution in [2.45, 2.75) is 6.92 Å². The van der Waals surface area contributed by atoms with Crippen LogP contribution >= 0.6 is 11.6 Å². The maximum absolute atomic E-state index is 11.0. The molecule has 0 radical (unpaired) electrons. The molecule has 0 aliphatic heterocycles. The second-order valence-corrected chi connectivity index (χ2v) is 3.29. The van der Waals surface area contributed by atoms with E-state index in [1.807, 2.05) is 0 Å². The zero-order chi connectivity index (χ0) is 12.5. The van der Waals surface area contributed by atoms with Gasteiger partial charge in [0.2, 0.25) is 0 Å². The molecule has 0 aliphatic carbocycles. The Labute approximate surface area is 93.9 Å². The zero-order valence-electron chi connectivity index (χ0n) is 7.97. The lowest BCUT2D eigenvalue weighted by Crippen LogP contribution is -2.03. The summed E-state index contributed by atoms with van der Waals surface area (Å²) >= 11 is 5.18. The Morgan fingerprint density at radius 1 is 1.25 bits per heavy atom. The van der Waals surface area contributed by atoms with Gasteiger partial charge in [-0.3, -0.25) is 25.0 Å². The SMILES string of the molecule is Cc1cc([N+](=O)[O-])cc([N+](=O)[O-])c1C(=O)Cl. The van der Waals surface area contributed by atoms with Crippen molar-refractivity contribution in [3.63, 3.8) is 0 Å². The van der Waals surface area contributed by atoms with Crippen LogP contribution in [0.1, 0.15) is 15.9 Å². The third kappa shape index (κ3) is 2.14. The van der Waals surface area contributed by atoms with Crippen molar-refractivity contribution in [3.05, 3.63) is 43.5 Å². The lowest BCUT2D eigenvalue weighted by atomic mass is 10.1. The first-order valence-corrected chi connectivity index (χ1v) is 4.35. The van der Waals surface area contributed by atoms with Crippen molar-refractivity contribution in [1.82, 2.24) is 0 Å². The fraction of sp³-hybridized carbons (Fsp3) is 0.125. The molecule has 0 amide bonds. The molecule has 1 aromatic rings. The maximum Gasteiger partial charge on any atom is 0.288 e. The van der Waals surface area contributed by atoms with Crippen LogP contribution in [0.3, 0.4) is 0 Å². The van der Waals surface area contributed by atoms with Crippen LogP contribution in [0.15, 0.2) is 12.1 Å². The average molecular weight is 245 g/mol. The summed E-state index contributed by atoms with van der Waals surface area (Å²) in [6.45, 7) is 1.34. The van der Waals surface area contributed by atoms with Crippen molar-refractivity contribution in [2.24, 2.45) is 0 Å². The van der Waals surface area contributed by atoms with E-state index in [9.17, 15) is 25.0 Å². The lowest BCUT2D eigenvalue weighted by Gasteiger charge is -2.01. The van der Waals surface area contributed by atoms with E-state index in [1.54, 1.807) is 0 Å². The maximum atomic E-state index is 11.0. The van der Waals surface area contributed by atoms with Crippen molar-refractivity contribution >= 4 is 28.2 Å². The van der Waals surface area contributed by atoms with E-state index in [0.29, 0.717) is 6.07 Å². The molecule has 0 bridgehead atoms. The third-order valence-corrected chi connectivity index (χ3v) is 2.09. The van der Waals surface area contributed by atoms with E-state index in [2.05, 4.69) is 0 Å². The molecule has 1 rings (SSSR count). The normalized spacial score (nSPS) is 9.88. The summed E-state index contributed by atoms with van der Waals surface area (Å²) in [5, 5.41) is 20.1. The van der Waals surface area contributed by atoms with Crippen molar-refractivity contribution in [1.29, 1.82) is 0 Å². The molecule has 0 aliphatic rings. The molecule has 0 heterocycles. The first-order chi connectivity index (χ1) is 7.34. The molecule has 0 unspecified atom stereocenters. The average Bonchev–Trinajstić information content (AvgIpc) is 2.15. The molecule has 8 heteroatoms. The van der Waals surface area contributed by atoms with Gasteiger partial charge in [0.1, 0.15) is 5.56 Å². The first kappa shape index (κ1) is 12.1. The molecule has 0 aromatic heterocycles. The van der Waals surface area contributed by atoms with Crippen LogP contribution in [-0.2, 0) is 0 Å². The summed E-state index contributed by atoms with van der Waals surface area (Å²) in [4.78, 5) is 30.4. The van der Waals surface area contributed by atoms with Crippen LogP contribution in [0.4, 0.5) is 11.4 Å². The Kier molecular flexibility index (Phi) is 3.19. The second kappa shape index (κ2) is 4.23. The van der Waals surface area contributed by atoms with E-state index in [-0.39, 0.29) is 11.1 Å². The molecule has 0 spiro atoms. The van der Waals surface area contributed by atoms with Crippen LogP contribution in [-0.4, -0.2) is 15.1 Å². The van der Waals surface area contributed by atoms with E-state index in [1.165, 1.54) is 6.92 Å². The minimum absolute atomic E-state index is 0.0981. The van der Waals surface area contributed by atoms with Crippen molar-refractivity contribution < 1.29 is 14.6 Å². The number of nitrogens with zero attached hydrogens (tertiary/aromatic N) is 2. The Hall–Kier alpha value is -2.02. The topological polar surface area (TPSA) is 103 Å². The lowest BCUT2D eigenvalue weighted by molar-refractivity contribution is -0.394. The summed E-state index contributed by atoms with van der Waals surface area (Å²) in [6, 6.07) is 1.77. The summed E-state index contributed by atoms with van der Waals surface area (Å²) in [5.41, 5.74) is -1.34. The van der Waals surface area contributed by atoms with Crippen molar-refractivity contribution in [2.75, 3.05) is 0 Å². The molecule has 1 aromatic carbocycles. The highest BCUT2D eigenvalue weighted by Crippen LogP contribution is 2.29. The van der Waals surface area contributed by atoms with Gasteiger partial charge in [-0.25, -0.2) is 0 Å². The fourth-order valence-electron chi connectivity index (χ4n) is 1.26. The minimum atomic E-state index is -1.01. The molecule has 7 nitrogen and oxygen atoms in total. The summed E-state index contributed by atoms with van der Waals surface area (Å²) in [7, 11) is 0. The number of hydrogen-bond acceptors (Lipinski definition) is 5. The Morgan fingerprint density at radius 2 is 1.81 bits per heavy atom. The highest BCUT2D eigenvalue weighted by atomic mass is 35.5. The predicted molar refractivity (Wildman–Crippen MR) is 54.7 cm³/mol. The van der Waals surface area contributed by atoms with Gasteiger partial charge in [-0.15, -0.1) is 0 Å². The predicted octanol–water partition coefficient (Wildman–Crippen LogP) is 2.19. The molecular weight excluding hydrogens is 240 g/mol. The van der Waals surface area contributed by atoms with Gasteiger partial charge in [-0.05, 0) is 24.1 Å². The van der Waals surface area contributed by atoms with Crippen LogP contribution in [0.2, 0.25) is 0 Å². The van der Waals surface area contributed by atoms with Gasteiger partial charge >= 0.3 is 0 Å². The highest BCUT2D eigenvalue weighted by molar-refractivity contribution is 6.68. The molecule has 0 fully saturated rings. The summed E-state index contributed by atoms with van der Waals surface area (Å²) < 4.78 is 0. The van der Waals surface area contributed by atoms with E-state index < -0.39 is 26.5 Å². The number of carbonyl (C=O) groups is 1. The first-order valence-electron chi connectivity index (χ1n) is 3.98. The van der Waals surface area contributed by atoms with Gasteiger partial charge in [-0.1, -0.05) is 0 Å². The van der Waals surface area contributed by atoms with Gasteiger partial charge < -0.3 is 0 Å². The number of non-ortho nitro benzene ring substituents is 1. The van der Waals surface area contributed by atoms with E-state index in [4.69, 9.17) is 11.6 Å². The number of nitro groups is 2. The number of hydrogen-bond donors (Lipinski definition) is 0. The van der Waals surface area contributed by atoms with Gasteiger partial charge in [0, 0.05) is 6.07 Å². The Morgan fingerprint density at radius 3 is 2.19 bits per heavy atom. The third-order valence-electron chi connectivity index (χ3n) is 1.90. The van der Waals surface area contributed by atoms with Crippen LogP contribution in [0.5, 0.6) is 0 Å². The second-order valence-electron chi connectivity index (χ2n) is 2.94. The van der Waals surface area contributed by atoms with Gasteiger partial charge in [0.15, 0.2) is 0 Å². The smallest absolute Gasteiger partial charge is 0.275 e. The molecule has 0 atom stereocenters. The summed E-state index contributed by atoms with van der Waals surface area (Å²) in [6.07, 6.45) is 0. The van der Waals surface area contributed by atoms with Crippen LogP contribution in [0, 0.1) is 27.2 Å². The Balaban J connectivity index is 3.58. The summed E-state index contributed by atoms with van der Waals surface area (Å²) in [5.74, 6) is 0. The van der Waals surface area contributed by atoms with Gasteiger partial charge in [0.25, 0.3) is 16.6 Å². The molecule has 16 heavy (non-hydrogen) atoms. The molecule has 0 saturated carbocycles. The Bertz CT molecular complexity index is 499. The standard InChI is InChI=1S/C8H5ClN2O5/c1-4-2-5(10(13)14)3-6(11(15)16)7(4)8(9)12/h2-3H,1H3. The monoisotopic (exact) mass is 244 g/mol. The highest BCUT2D eigenvalue weighted by Gasteiger charge is 2.25. The largest absolute Gasteiger partial charge is 0.288 e. The number of carbonyl (C=O) groups excluding carboxylic acids is 1. The number of rotatable bonds is 3. The molecule has 84 valence electrons. The molecule has 0 N–H and O–H groups in total. The zero-order valence-corrected chi connectivity index (χ0v) is 8.72. The molecular formula is C8H5ClN2O5. The quantitative estimate of drug-likeness (QED) is 0.460. The number of aryl methyl sites for hydroxylation is 1. The van der Waals surface area contributed by atoms with Crippen LogP contribution in [0.25, 0.3) is 0 Å². The van der Waals surface area contributed by atoms with Gasteiger partial charge in [-0.2, -0.15) is 0 Å². The number of benzene rings is 1. The number of halogens is 1. The van der Waals surface area contributed by atoms with Crippen molar-refractivity contribution in [3.8, 4) is 0 Å². The molecule has 0 saturated heterocycles. The van der Waals surface area contributed by atoms with E-state index >= 15 is 0 Å². The minimum Gasteiger partial charge on any atom is -0.275 e. The fourth-order valence-corrected chi connectivity index (χ4v) is 1.50.